The Hall–Kier alpha value is -3.11. The molecule has 0 saturated carbocycles. The molecule has 2 nitrogen and oxygen atoms in total. The van der Waals surface area contributed by atoms with E-state index in [0.717, 1.165) is 39.0 Å². The zero-order valence-corrected chi connectivity index (χ0v) is 19.3. The smallest absolute Gasteiger partial charge is 0.227 e. The number of rotatable bonds is 6. The van der Waals surface area contributed by atoms with Crippen molar-refractivity contribution in [2.45, 2.75) is 25.3 Å². The third kappa shape index (κ3) is 4.56. The van der Waals surface area contributed by atoms with Gasteiger partial charge in [0, 0.05) is 11.4 Å². The largest absolute Gasteiger partial charge is 0.352 e. The predicted octanol–water partition coefficient (Wildman–Crippen LogP) is 6.83. The Balaban J connectivity index is 1.67. The average Bonchev–Trinajstić information content (AvgIpc) is 3.08. The summed E-state index contributed by atoms with van der Waals surface area (Å²) in [7, 11) is 0. The molecule has 0 aliphatic heterocycles. The summed E-state index contributed by atoms with van der Waals surface area (Å²) in [6, 6.07) is 23.0. The zero-order chi connectivity index (χ0) is 22.7. The Morgan fingerprint density at radius 2 is 1.75 bits per heavy atom. The maximum atomic E-state index is 14.2. The molecule has 0 aromatic heterocycles. The number of carbonyl (C=O) groups excluding carboxylic acids is 1. The molecule has 0 radical (unpaired) electrons. The number of amides is 1. The van der Waals surface area contributed by atoms with Gasteiger partial charge >= 0.3 is 0 Å². The van der Waals surface area contributed by atoms with Crippen molar-refractivity contribution in [1.29, 1.82) is 0 Å². The maximum Gasteiger partial charge on any atom is 0.227 e. The molecule has 1 N–H and O–H groups in total. The van der Waals surface area contributed by atoms with Gasteiger partial charge in [-0.3, -0.25) is 4.79 Å². The summed E-state index contributed by atoms with van der Waals surface area (Å²) in [5.74, 6) is -0.760. The quantitative estimate of drug-likeness (QED) is 0.423. The second-order valence-corrected chi connectivity index (χ2v) is 8.86. The third-order valence-electron chi connectivity index (χ3n) is 5.93. The van der Waals surface area contributed by atoms with Crippen molar-refractivity contribution in [3.63, 3.8) is 0 Å². The number of hydrogen-bond acceptors (Lipinski definition) is 2. The fourth-order valence-corrected chi connectivity index (χ4v) is 4.61. The number of carbonyl (C=O) groups is 1. The van der Waals surface area contributed by atoms with Gasteiger partial charge in [-0.25, -0.2) is 4.39 Å². The van der Waals surface area contributed by atoms with E-state index in [1.165, 1.54) is 11.0 Å². The van der Waals surface area contributed by atoms with Gasteiger partial charge in [0.2, 0.25) is 5.91 Å². The number of thioether (sulfide) groups is 1. The molecule has 0 fully saturated rings. The average molecular weight is 444 g/mol. The summed E-state index contributed by atoms with van der Waals surface area (Å²) in [5.41, 5.74) is 6.83. The van der Waals surface area contributed by atoms with E-state index in [9.17, 15) is 9.18 Å². The number of nitrogens with one attached hydrogen (secondary N) is 1. The fraction of sp³-hybridized carbons (Fsp3) is 0.179. The van der Waals surface area contributed by atoms with Gasteiger partial charge in [0.1, 0.15) is 5.82 Å². The standard InChI is InChI=1S/C28H26FNOS/c1-18-25(15-20-9-12-23(32-3)13-10-20)24-14-11-22(29)16-26(24)27(18)19(2)28(31)30-17-21-7-5-4-6-8-21/h4-16,19H,17H2,1-3H3,(H,30,31)/b25-15-. The van der Waals surface area contributed by atoms with Crippen LogP contribution in [-0.4, -0.2) is 12.2 Å². The van der Waals surface area contributed by atoms with Crippen LogP contribution in [0.15, 0.2) is 83.3 Å². The van der Waals surface area contributed by atoms with E-state index in [1.807, 2.05) is 50.2 Å². The topological polar surface area (TPSA) is 29.1 Å². The first kappa shape index (κ1) is 22.1. The van der Waals surface area contributed by atoms with Crippen LogP contribution in [0.2, 0.25) is 0 Å². The Morgan fingerprint density at radius 3 is 2.44 bits per heavy atom. The number of benzene rings is 3. The van der Waals surface area contributed by atoms with E-state index < -0.39 is 5.92 Å². The molecular weight excluding hydrogens is 417 g/mol. The predicted molar refractivity (Wildman–Crippen MR) is 133 cm³/mol. The van der Waals surface area contributed by atoms with Crippen LogP contribution in [0, 0.1) is 11.7 Å². The molecule has 1 amide bonds. The van der Waals surface area contributed by atoms with Gasteiger partial charge in [0.05, 0.1) is 5.92 Å². The van der Waals surface area contributed by atoms with E-state index in [2.05, 4.69) is 41.9 Å². The molecule has 1 unspecified atom stereocenters. The number of halogens is 1. The van der Waals surface area contributed by atoms with Gasteiger partial charge in [0.25, 0.3) is 0 Å². The van der Waals surface area contributed by atoms with Gasteiger partial charge < -0.3 is 5.32 Å². The molecule has 162 valence electrons. The molecule has 1 aliphatic carbocycles. The monoisotopic (exact) mass is 443 g/mol. The minimum Gasteiger partial charge on any atom is -0.352 e. The van der Waals surface area contributed by atoms with Crippen LogP contribution in [0.3, 0.4) is 0 Å². The minimum atomic E-state index is -0.399. The van der Waals surface area contributed by atoms with Gasteiger partial charge in [0.15, 0.2) is 0 Å². The van der Waals surface area contributed by atoms with Crippen LogP contribution in [-0.2, 0) is 11.3 Å². The first-order valence-electron chi connectivity index (χ1n) is 10.7. The molecule has 0 bridgehead atoms. The summed E-state index contributed by atoms with van der Waals surface area (Å²) < 4.78 is 14.2. The summed E-state index contributed by atoms with van der Waals surface area (Å²) >= 11 is 1.71. The number of hydrogen-bond donors (Lipinski definition) is 1. The Morgan fingerprint density at radius 1 is 1.03 bits per heavy atom. The second kappa shape index (κ2) is 9.58. The third-order valence-corrected chi connectivity index (χ3v) is 6.68. The molecule has 0 heterocycles. The molecule has 3 aromatic carbocycles. The maximum absolute atomic E-state index is 14.2. The summed E-state index contributed by atoms with van der Waals surface area (Å²) in [6.07, 6.45) is 4.18. The highest BCUT2D eigenvalue weighted by Crippen LogP contribution is 2.45. The molecule has 1 atom stereocenters. The lowest BCUT2D eigenvalue weighted by molar-refractivity contribution is -0.123. The first-order chi connectivity index (χ1) is 15.5. The van der Waals surface area contributed by atoms with E-state index in [-0.39, 0.29) is 11.7 Å². The Labute approximate surface area is 193 Å². The molecule has 3 aromatic rings. The molecule has 1 aliphatic rings. The summed E-state index contributed by atoms with van der Waals surface area (Å²) in [5, 5.41) is 3.03. The lowest BCUT2D eigenvalue weighted by atomic mass is 9.92. The second-order valence-electron chi connectivity index (χ2n) is 7.98. The normalized spacial score (nSPS) is 15.1. The van der Waals surface area contributed by atoms with Crippen molar-refractivity contribution in [3.8, 4) is 0 Å². The van der Waals surface area contributed by atoms with Crippen molar-refractivity contribution < 1.29 is 9.18 Å². The van der Waals surface area contributed by atoms with Crippen LogP contribution >= 0.6 is 11.8 Å². The lowest BCUT2D eigenvalue weighted by Gasteiger charge is -2.16. The summed E-state index contributed by atoms with van der Waals surface area (Å²) in [4.78, 5) is 14.2. The van der Waals surface area contributed by atoms with E-state index >= 15 is 0 Å². The molecular formula is C28H26FNOS. The minimum absolute atomic E-state index is 0.0658. The fourth-order valence-electron chi connectivity index (χ4n) is 4.20. The van der Waals surface area contributed by atoms with Crippen LogP contribution in [0.5, 0.6) is 0 Å². The van der Waals surface area contributed by atoms with Crippen LogP contribution in [0.25, 0.3) is 17.2 Å². The van der Waals surface area contributed by atoms with Crippen molar-refractivity contribution in [2.75, 3.05) is 6.26 Å². The highest BCUT2D eigenvalue weighted by molar-refractivity contribution is 7.98. The Bertz CT molecular complexity index is 1200. The molecule has 0 saturated heterocycles. The van der Waals surface area contributed by atoms with Gasteiger partial charge in [-0.05, 0) is 89.4 Å². The van der Waals surface area contributed by atoms with Gasteiger partial charge in [-0.15, -0.1) is 11.8 Å². The van der Waals surface area contributed by atoms with Crippen LogP contribution in [0.4, 0.5) is 4.39 Å². The van der Waals surface area contributed by atoms with Crippen molar-refractivity contribution in [2.24, 2.45) is 5.92 Å². The van der Waals surface area contributed by atoms with E-state index in [0.29, 0.717) is 6.54 Å². The lowest BCUT2D eigenvalue weighted by Crippen LogP contribution is -2.29. The molecule has 4 rings (SSSR count). The number of allylic oxidation sites excluding steroid dienone is 2. The summed E-state index contributed by atoms with van der Waals surface area (Å²) in [6.45, 7) is 4.39. The molecule has 0 spiro atoms. The number of fused-ring (bicyclic) bond motifs is 1. The van der Waals surface area contributed by atoms with E-state index in [4.69, 9.17) is 0 Å². The molecule has 4 heteroatoms. The van der Waals surface area contributed by atoms with Crippen molar-refractivity contribution in [1.82, 2.24) is 5.32 Å². The van der Waals surface area contributed by atoms with E-state index in [1.54, 1.807) is 17.8 Å². The van der Waals surface area contributed by atoms with Crippen molar-refractivity contribution in [3.05, 3.63) is 106 Å². The molecule has 32 heavy (non-hydrogen) atoms. The van der Waals surface area contributed by atoms with Crippen molar-refractivity contribution >= 4 is 34.9 Å². The SMILES string of the molecule is CSc1ccc(/C=C2/C(C)=C(C(C)C(=O)NCc3ccccc3)c3cc(F)ccc32)cc1. The zero-order valence-electron chi connectivity index (χ0n) is 18.5. The first-order valence-corrected chi connectivity index (χ1v) is 11.9. The van der Waals surface area contributed by atoms with Gasteiger partial charge in [-0.1, -0.05) is 48.5 Å². The van der Waals surface area contributed by atoms with Gasteiger partial charge in [-0.2, -0.15) is 0 Å². The van der Waals surface area contributed by atoms with Crippen LogP contribution in [0.1, 0.15) is 36.1 Å². The van der Waals surface area contributed by atoms with Crippen LogP contribution < -0.4 is 5.32 Å². The highest BCUT2D eigenvalue weighted by Gasteiger charge is 2.30. The Kier molecular flexibility index (Phi) is 6.61. The highest BCUT2D eigenvalue weighted by atomic mass is 32.2.